The number of hydrogen-bond donors (Lipinski definition) is 1. The summed E-state index contributed by atoms with van der Waals surface area (Å²) in [6.07, 6.45) is 5.13. The van der Waals surface area contributed by atoms with Crippen LogP contribution in [-0.4, -0.2) is 76.8 Å². The molecular weight excluding hydrogens is 456 g/mol. The highest BCUT2D eigenvalue weighted by atomic mass is 16.5. The lowest BCUT2D eigenvalue weighted by atomic mass is 9.99. The molecule has 1 amide bonds. The molecule has 0 saturated heterocycles. The average Bonchev–Trinajstić information content (AvgIpc) is 2.90. The molecule has 8 heteroatoms. The summed E-state index contributed by atoms with van der Waals surface area (Å²) in [5.74, 6) is 0.815. The molecule has 2 aromatic heterocycles. The van der Waals surface area contributed by atoms with E-state index in [4.69, 9.17) is 9.47 Å². The van der Waals surface area contributed by atoms with Gasteiger partial charge in [0.2, 0.25) is 5.88 Å². The van der Waals surface area contributed by atoms with Crippen molar-refractivity contribution in [3.63, 3.8) is 0 Å². The maximum atomic E-state index is 13.7. The lowest BCUT2D eigenvalue weighted by molar-refractivity contribution is 0.0325. The molecule has 1 aliphatic rings. The molecule has 4 rings (SSSR count). The van der Waals surface area contributed by atoms with Gasteiger partial charge in [0.1, 0.15) is 17.4 Å². The molecule has 0 fully saturated rings. The number of pyridine rings is 2. The van der Waals surface area contributed by atoms with Gasteiger partial charge in [0.15, 0.2) is 0 Å². The van der Waals surface area contributed by atoms with Crippen molar-refractivity contribution in [2.75, 3.05) is 33.9 Å². The van der Waals surface area contributed by atoms with Gasteiger partial charge in [-0.05, 0) is 37.7 Å². The summed E-state index contributed by atoms with van der Waals surface area (Å²) in [4.78, 5) is 26.4. The van der Waals surface area contributed by atoms with Gasteiger partial charge in [-0.1, -0.05) is 31.2 Å². The number of ether oxygens (including phenoxy) is 2. The van der Waals surface area contributed by atoms with Gasteiger partial charge in [-0.25, -0.2) is 4.98 Å². The Morgan fingerprint density at radius 1 is 1.22 bits per heavy atom. The second kappa shape index (κ2) is 11.5. The number of para-hydroxylation sites is 1. The Balaban J connectivity index is 1.68. The third-order valence-electron chi connectivity index (χ3n) is 6.61. The molecule has 1 N–H and O–H groups in total. The Morgan fingerprint density at radius 2 is 2.03 bits per heavy atom. The fourth-order valence-electron chi connectivity index (χ4n) is 4.53. The number of aliphatic hydroxyl groups excluding tert-OH is 1. The topological polar surface area (TPSA) is 88.0 Å². The van der Waals surface area contributed by atoms with Crippen LogP contribution in [0.15, 0.2) is 61.1 Å². The molecule has 0 unspecified atom stereocenters. The number of hydrogen-bond acceptors (Lipinski definition) is 7. The van der Waals surface area contributed by atoms with Crippen molar-refractivity contribution < 1.29 is 19.4 Å². The number of nitrogens with zero attached hydrogens (tertiary/aromatic N) is 4. The number of methoxy groups -OCH3 is 1. The number of carbonyl (C=O) groups excluding carboxylic acids is 1. The number of likely N-dealkylation sites (N-methyl/N-ethyl adjacent to an activating group) is 1. The smallest absolute Gasteiger partial charge is 0.259 e. The summed E-state index contributed by atoms with van der Waals surface area (Å²) in [7, 11) is 3.66. The van der Waals surface area contributed by atoms with Crippen molar-refractivity contribution in [3.05, 3.63) is 72.2 Å². The van der Waals surface area contributed by atoms with Crippen LogP contribution >= 0.6 is 0 Å². The highest BCUT2D eigenvalue weighted by Crippen LogP contribution is 2.34. The number of carbonyl (C=O) groups is 1. The molecule has 0 spiro atoms. The van der Waals surface area contributed by atoms with Crippen molar-refractivity contribution in [1.82, 2.24) is 19.8 Å². The summed E-state index contributed by atoms with van der Waals surface area (Å²) in [5.41, 5.74) is 3.10. The largest absolute Gasteiger partial charge is 0.496 e. The van der Waals surface area contributed by atoms with Crippen LogP contribution in [0.1, 0.15) is 29.8 Å². The Kier molecular flexibility index (Phi) is 8.18. The fraction of sp³-hybridized carbons (Fsp3) is 0.393. The number of amides is 1. The Bertz CT molecular complexity index is 1170. The van der Waals surface area contributed by atoms with E-state index in [9.17, 15) is 9.90 Å². The second-order valence-electron chi connectivity index (χ2n) is 9.46. The van der Waals surface area contributed by atoms with E-state index in [1.54, 1.807) is 24.4 Å². The van der Waals surface area contributed by atoms with E-state index in [0.717, 1.165) is 23.2 Å². The maximum absolute atomic E-state index is 13.7. The SMILES string of the molecule is COc1ccccc1-c1cnc2c(c1)C(=O)N([C@H](C)CO)C[C@H](C)[C@@H](CN(C)Cc1cccnc1)O2. The molecule has 190 valence electrons. The van der Waals surface area contributed by atoms with Gasteiger partial charge in [-0.15, -0.1) is 0 Å². The maximum Gasteiger partial charge on any atom is 0.259 e. The third-order valence-corrected chi connectivity index (χ3v) is 6.61. The summed E-state index contributed by atoms with van der Waals surface area (Å²) in [6, 6.07) is 13.1. The van der Waals surface area contributed by atoms with Crippen LogP contribution < -0.4 is 9.47 Å². The van der Waals surface area contributed by atoms with Gasteiger partial charge < -0.3 is 19.5 Å². The Morgan fingerprint density at radius 3 is 2.75 bits per heavy atom. The lowest BCUT2D eigenvalue weighted by Gasteiger charge is -2.37. The first-order chi connectivity index (χ1) is 17.4. The number of rotatable bonds is 8. The Hall–Kier alpha value is -3.49. The standard InChI is InChI=1S/C28H34N4O4/c1-19-15-32(20(2)18-33)28(34)24-12-22(23-9-5-6-10-25(23)35-4)14-30-27(24)36-26(19)17-31(3)16-21-8-7-11-29-13-21/h5-14,19-20,26,33H,15-18H2,1-4H3/t19-,20+,26+/m0/s1. The molecule has 1 aliphatic heterocycles. The molecule has 1 aromatic carbocycles. The number of aromatic nitrogens is 2. The molecule has 0 saturated carbocycles. The minimum absolute atomic E-state index is 0.0168. The summed E-state index contributed by atoms with van der Waals surface area (Å²) in [6.45, 7) is 5.63. The van der Waals surface area contributed by atoms with Crippen LogP contribution in [0.4, 0.5) is 0 Å². The number of aliphatic hydroxyl groups is 1. The zero-order valence-corrected chi connectivity index (χ0v) is 21.3. The van der Waals surface area contributed by atoms with Crippen molar-refractivity contribution in [2.24, 2.45) is 5.92 Å². The zero-order valence-electron chi connectivity index (χ0n) is 21.3. The van der Waals surface area contributed by atoms with Gasteiger partial charge in [0.05, 0.1) is 19.8 Å². The first-order valence-corrected chi connectivity index (χ1v) is 12.2. The highest BCUT2D eigenvalue weighted by molar-refractivity contribution is 5.98. The van der Waals surface area contributed by atoms with Crippen LogP contribution in [0.3, 0.4) is 0 Å². The first kappa shape index (κ1) is 25.6. The first-order valence-electron chi connectivity index (χ1n) is 12.2. The second-order valence-corrected chi connectivity index (χ2v) is 9.46. The van der Waals surface area contributed by atoms with E-state index in [1.807, 2.05) is 62.6 Å². The molecule has 0 aliphatic carbocycles. The molecule has 0 radical (unpaired) electrons. The molecule has 3 atom stereocenters. The molecule has 3 aromatic rings. The highest BCUT2D eigenvalue weighted by Gasteiger charge is 2.34. The fourth-order valence-corrected chi connectivity index (χ4v) is 4.53. The van der Waals surface area contributed by atoms with Gasteiger partial charge >= 0.3 is 0 Å². The van der Waals surface area contributed by atoms with Crippen LogP contribution in [0.5, 0.6) is 11.6 Å². The van der Waals surface area contributed by atoms with Crippen molar-refractivity contribution in [1.29, 1.82) is 0 Å². The van der Waals surface area contributed by atoms with Gasteiger partial charge in [0, 0.05) is 55.3 Å². The summed E-state index contributed by atoms with van der Waals surface area (Å²) < 4.78 is 11.9. The Labute approximate surface area is 212 Å². The van der Waals surface area contributed by atoms with E-state index in [-0.39, 0.29) is 30.6 Å². The van der Waals surface area contributed by atoms with Crippen molar-refractivity contribution >= 4 is 5.91 Å². The monoisotopic (exact) mass is 490 g/mol. The van der Waals surface area contributed by atoms with Gasteiger partial charge in [-0.3, -0.25) is 14.7 Å². The van der Waals surface area contributed by atoms with Gasteiger partial charge in [0.25, 0.3) is 5.91 Å². The zero-order chi connectivity index (χ0) is 25.7. The van der Waals surface area contributed by atoms with Gasteiger partial charge in [-0.2, -0.15) is 0 Å². The summed E-state index contributed by atoms with van der Waals surface area (Å²) in [5, 5.41) is 9.91. The van der Waals surface area contributed by atoms with Crippen LogP contribution in [0.25, 0.3) is 11.1 Å². The minimum Gasteiger partial charge on any atom is -0.496 e. The average molecular weight is 491 g/mol. The molecule has 36 heavy (non-hydrogen) atoms. The number of benzene rings is 1. The van der Waals surface area contributed by atoms with E-state index in [2.05, 4.69) is 21.8 Å². The van der Waals surface area contributed by atoms with Crippen LogP contribution in [-0.2, 0) is 6.54 Å². The molecule has 3 heterocycles. The minimum atomic E-state index is -0.338. The quantitative estimate of drug-likeness (QED) is 0.517. The van der Waals surface area contributed by atoms with E-state index < -0.39 is 0 Å². The molecular formula is C28H34N4O4. The molecule has 0 bridgehead atoms. The predicted octanol–water partition coefficient (Wildman–Crippen LogP) is 3.50. The lowest BCUT2D eigenvalue weighted by Crippen LogP contribution is -2.49. The van der Waals surface area contributed by atoms with Crippen molar-refractivity contribution in [3.8, 4) is 22.8 Å². The van der Waals surface area contributed by atoms with Crippen molar-refractivity contribution in [2.45, 2.75) is 32.5 Å². The predicted molar refractivity (Wildman–Crippen MR) is 138 cm³/mol. The number of fused-ring (bicyclic) bond motifs is 1. The van der Waals surface area contributed by atoms with E-state index in [1.165, 1.54) is 0 Å². The van der Waals surface area contributed by atoms with E-state index in [0.29, 0.717) is 30.3 Å². The van der Waals surface area contributed by atoms with Crippen LogP contribution in [0.2, 0.25) is 0 Å². The van der Waals surface area contributed by atoms with Crippen LogP contribution in [0, 0.1) is 5.92 Å². The molecule has 8 nitrogen and oxygen atoms in total. The van der Waals surface area contributed by atoms with E-state index >= 15 is 0 Å². The summed E-state index contributed by atoms with van der Waals surface area (Å²) >= 11 is 0. The third kappa shape index (κ3) is 5.66. The normalized spacial score (nSPS) is 18.7.